The monoisotopic (exact) mass is 424 g/mol. The van der Waals surface area contributed by atoms with E-state index >= 15 is 0 Å². The predicted molar refractivity (Wildman–Crippen MR) is 104 cm³/mol. The number of benzene rings is 2. The summed E-state index contributed by atoms with van der Waals surface area (Å²) in [5, 5.41) is 14.6. The van der Waals surface area contributed by atoms with E-state index in [0.717, 1.165) is 11.3 Å². The van der Waals surface area contributed by atoms with Crippen LogP contribution in [-0.4, -0.2) is 23.4 Å². The van der Waals surface area contributed by atoms with Crippen molar-refractivity contribution in [2.45, 2.75) is 0 Å². The van der Waals surface area contributed by atoms with Crippen LogP contribution in [0.2, 0.25) is 10.0 Å². The average molecular weight is 425 g/mol. The van der Waals surface area contributed by atoms with E-state index in [1.807, 2.05) is 0 Å². The largest absolute Gasteiger partial charge is 0.451 e. The Hall–Kier alpha value is -2.68. The predicted octanol–water partition coefficient (Wildman–Crippen LogP) is 4.91. The highest BCUT2D eigenvalue weighted by molar-refractivity contribution is 7.20. The zero-order valence-electron chi connectivity index (χ0n) is 13.4. The van der Waals surface area contributed by atoms with Gasteiger partial charge in [0.2, 0.25) is 0 Å². The number of amides is 1. The summed E-state index contributed by atoms with van der Waals surface area (Å²) in [6.45, 7) is -0.518. The molecule has 0 aliphatic rings. The summed E-state index contributed by atoms with van der Waals surface area (Å²) in [4.78, 5) is 34.6. The van der Waals surface area contributed by atoms with Crippen LogP contribution in [0.4, 0.5) is 11.4 Å². The number of ether oxygens (including phenoxy) is 1. The van der Waals surface area contributed by atoms with Gasteiger partial charge in [-0.3, -0.25) is 14.9 Å². The first-order valence-electron chi connectivity index (χ1n) is 7.43. The first-order chi connectivity index (χ1) is 12.8. The molecule has 0 aliphatic carbocycles. The van der Waals surface area contributed by atoms with Gasteiger partial charge in [-0.1, -0.05) is 23.2 Å². The lowest BCUT2D eigenvalue weighted by atomic mass is 10.2. The third-order valence-electron chi connectivity index (χ3n) is 3.45. The molecule has 27 heavy (non-hydrogen) atoms. The van der Waals surface area contributed by atoms with Crippen molar-refractivity contribution in [1.82, 2.24) is 0 Å². The lowest BCUT2D eigenvalue weighted by molar-refractivity contribution is -0.384. The molecule has 0 fully saturated rings. The number of hydrogen-bond acceptors (Lipinski definition) is 6. The number of hydrogen-bond donors (Lipinski definition) is 1. The second-order valence-corrected chi connectivity index (χ2v) is 7.27. The number of rotatable bonds is 5. The average Bonchev–Trinajstić information content (AvgIpc) is 3.06. The molecule has 3 rings (SSSR count). The molecule has 0 unspecified atom stereocenters. The van der Waals surface area contributed by atoms with Gasteiger partial charge < -0.3 is 10.1 Å². The molecule has 0 radical (unpaired) electrons. The lowest BCUT2D eigenvalue weighted by Crippen LogP contribution is -2.20. The fourth-order valence-electron chi connectivity index (χ4n) is 2.23. The number of carbonyl (C=O) groups is 2. The van der Waals surface area contributed by atoms with Crippen molar-refractivity contribution in [1.29, 1.82) is 0 Å². The van der Waals surface area contributed by atoms with Crippen molar-refractivity contribution in [3.05, 3.63) is 67.5 Å². The Kier molecular flexibility index (Phi) is 5.59. The van der Waals surface area contributed by atoms with E-state index in [2.05, 4.69) is 5.32 Å². The minimum atomic E-state index is -0.703. The normalized spacial score (nSPS) is 10.6. The Morgan fingerprint density at radius 1 is 1.15 bits per heavy atom. The van der Waals surface area contributed by atoms with Crippen LogP contribution in [0.3, 0.4) is 0 Å². The van der Waals surface area contributed by atoms with Crippen LogP contribution in [0.25, 0.3) is 10.1 Å². The molecule has 0 saturated carbocycles. The number of nitro benzene ring substituents is 1. The Morgan fingerprint density at radius 3 is 2.67 bits per heavy atom. The Labute approximate surface area is 166 Å². The molecule has 1 heterocycles. The summed E-state index contributed by atoms with van der Waals surface area (Å²) >= 11 is 12.9. The van der Waals surface area contributed by atoms with Crippen LogP contribution in [0.15, 0.2) is 42.5 Å². The Morgan fingerprint density at radius 2 is 1.93 bits per heavy atom. The van der Waals surface area contributed by atoms with Gasteiger partial charge in [-0.15, -0.1) is 11.3 Å². The summed E-state index contributed by atoms with van der Waals surface area (Å²) in [5.41, 5.74) is 0.234. The van der Waals surface area contributed by atoms with E-state index < -0.39 is 23.4 Å². The molecular formula is C17H10Cl2N2O5S. The molecule has 0 saturated heterocycles. The van der Waals surface area contributed by atoms with E-state index in [0.29, 0.717) is 25.8 Å². The van der Waals surface area contributed by atoms with Gasteiger partial charge in [0.15, 0.2) is 6.61 Å². The van der Waals surface area contributed by atoms with Crippen LogP contribution in [0.1, 0.15) is 9.67 Å². The number of anilines is 1. The highest BCUT2D eigenvalue weighted by Crippen LogP contribution is 2.29. The number of carbonyl (C=O) groups excluding carboxylic acids is 2. The summed E-state index contributed by atoms with van der Waals surface area (Å²) < 4.78 is 5.69. The highest BCUT2D eigenvalue weighted by atomic mass is 35.5. The molecule has 1 N–H and O–H groups in total. The third-order valence-corrected chi connectivity index (χ3v) is 5.11. The second kappa shape index (κ2) is 7.91. The van der Waals surface area contributed by atoms with E-state index in [1.165, 1.54) is 30.3 Å². The topological polar surface area (TPSA) is 98.5 Å². The molecule has 3 aromatic rings. The van der Waals surface area contributed by atoms with Gasteiger partial charge in [-0.05, 0) is 30.3 Å². The number of thiophene rings is 1. The zero-order valence-corrected chi connectivity index (χ0v) is 15.7. The highest BCUT2D eigenvalue weighted by Gasteiger charge is 2.16. The molecule has 10 heteroatoms. The first-order valence-corrected chi connectivity index (χ1v) is 9.01. The van der Waals surface area contributed by atoms with E-state index in [9.17, 15) is 19.7 Å². The van der Waals surface area contributed by atoms with Crippen LogP contribution in [-0.2, 0) is 9.53 Å². The molecule has 2 aromatic carbocycles. The quantitative estimate of drug-likeness (QED) is 0.356. The van der Waals surface area contributed by atoms with Gasteiger partial charge in [0.25, 0.3) is 11.6 Å². The van der Waals surface area contributed by atoms with Crippen molar-refractivity contribution in [3.8, 4) is 0 Å². The minimum Gasteiger partial charge on any atom is -0.451 e. The van der Waals surface area contributed by atoms with Crippen LogP contribution in [0, 0.1) is 10.1 Å². The van der Waals surface area contributed by atoms with E-state index in [1.54, 1.807) is 12.1 Å². The number of halogens is 2. The Balaban J connectivity index is 1.65. The maximum atomic E-state index is 12.1. The Bertz CT molecular complexity index is 1070. The molecule has 0 spiro atoms. The summed E-state index contributed by atoms with van der Waals surface area (Å²) in [6, 6.07) is 10.4. The smallest absolute Gasteiger partial charge is 0.348 e. The van der Waals surface area contributed by atoms with Gasteiger partial charge in [-0.2, -0.15) is 0 Å². The summed E-state index contributed by atoms with van der Waals surface area (Å²) in [5.74, 6) is -1.28. The number of nitrogens with one attached hydrogen (secondary N) is 1. The zero-order chi connectivity index (χ0) is 19.6. The minimum absolute atomic E-state index is 0.0713. The fraction of sp³-hybridized carbons (Fsp3) is 0.0588. The van der Waals surface area contributed by atoms with Crippen LogP contribution in [0.5, 0.6) is 0 Å². The van der Waals surface area contributed by atoms with Crippen molar-refractivity contribution in [2.75, 3.05) is 11.9 Å². The van der Waals surface area contributed by atoms with Gasteiger partial charge in [0.05, 0.1) is 15.6 Å². The molecule has 0 atom stereocenters. The van der Waals surface area contributed by atoms with Crippen LogP contribution < -0.4 is 5.32 Å². The van der Waals surface area contributed by atoms with E-state index in [-0.39, 0.29) is 10.6 Å². The number of esters is 1. The summed E-state index contributed by atoms with van der Waals surface area (Å²) in [7, 11) is 0. The fourth-order valence-corrected chi connectivity index (χ4v) is 3.50. The maximum Gasteiger partial charge on any atom is 0.348 e. The van der Waals surface area contributed by atoms with Crippen molar-refractivity contribution in [3.63, 3.8) is 0 Å². The number of nitro groups is 1. The molecular weight excluding hydrogens is 415 g/mol. The lowest BCUT2D eigenvalue weighted by Gasteiger charge is -2.08. The molecule has 138 valence electrons. The van der Waals surface area contributed by atoms with Gasteiger partial charge in [0.1, 0.15) is 4.88 Å². The number of non-ortho nitro benzene ring substituents is 1. The maximum absolute atomic E-state index is 12.1. The number of nitrogens with zero attached hydrogens (tertiary/aromatic N) is 1. The van der Waals surface area contributed by atoms with Crippen molar-refractivity contribution in [2.24, 2.45) is 0 Å². The van der Waals surface area contributed by atoms with Gasteiger partial charge >= 0.3 is 5.97 Å². The molecule has 1 aromatic heterocycles. The molecule has 7 nitrogen and oxygen atoms in total. The molecule has 1 amide bonds. The standard InChI is InChI=1S/C17H10Cl2N2O5S/c18-10-1-3-12(19)13(7-10)20-16(22)8-26-17(23)15-6-9-5-11(21(24)25)2-4-14(9)27-15/h1-7H,8H2,(H,20,22). The van der Waals surface area contributed by atoms with E-state index in [4.69, 9.17) is 27.9 Å². The number of fused-ring (bicyclic) bond motifs is 1. The van der Waals surface area contributed by atoms with Gasteiger partial charge in [0, 0.05) is 27.2 Å². The summed E-state index contributed by atoms with van der Waals surface area (Å²) in [6.07, 6.45) is 0. The van der Waals surface area contributed by atoms with Crippen LogP contribution >= 0.6 is 34.5 Å². The molecule has 0 bridgehead atoms. The first kappa shape index (κ1) is 19.1. The van der Waals surface area contributed by atoms with Gasteiger partial charge in [-0.25, -0.2) is 4.79 Å². The van der Waals surface area contributed by atoms with Crippen molar-refractivity contribution < 1.29 is 19.2 Å². The third kappa shape index (κ3) is 4.54. The molecule has 0 aliphatic heterocycles. The van der Waals surface area contributed by atoms with Crippen molar-refractivity contribution >= 4 is 67.9 Å². The SMILES string of the molecule is O=C(COC(=O)c1cc2cc([N+](=O)[O-])ccc2s1)Nc1cc(Cl)ccc1Cl. The second-order valence-electron chi connectivity index (χ2n) is 5.34.